The second-order valence-electron chi connectivity index (χ2n) is 6.43. The summed E-state index contributed by atoms with van der Waals surface area (Å²) in [7, 11) is 0. The van der Waals surface area contributed by atoms with Crippen LogP contribution in [0.4, 0.5) is 0 Å². The Hall–Kier alpha value is -3.21. The van der Waals surface area contributed by atoms with Gasteiger partial charge in [0.1, 0.15) is 6.54 Å². The van der Waals surface area contributed by atoms with E-state index in [0.717, 1.165) is 11.1 Å². The number of amides is 1. The average Bonchev–Trinajstić information content (AvgIpc) is 3.16. The zero-order valence-corrected chi connectivity index (χ0v) is 15.5. The van der Waals surface area contributed by atoms with Gasteiger partial charge < -0.3 is 9.42 Å². The van der Waals surface area contributed by atoms with Crippen LogP contribution < -0.4 is 0 Å². The minimum absolute atomic E-state index is 0.0360. The summed E-state index contributed by atoms with van der Waals surface area (Å²) in [5.41, 5.74) is 3.20. The molecule has 5 heteroatoms. The Morgan fingerprint density at radius 2 is 1.89 bits per heavy atom. The lowest BCUT2D eigenvalue weighted by molar-refractivity contribution is -0.131. The van der Waals surface area contributed by atoms with Crippen molar-refractivity contribution in [1.29, 1.82) is 0 Å². The standard InChI is InChI=1S/C22H23N3O2/c1-3-15-25(21(26)14-11-18-7-5-4-6-8-18)16-20-23-22(24-27-20)19-12-9-17(2)10-13-19/h3-10,12-13H,1,11,14-16H2,2H3. The zero-order chi connectivity index (χ0) is 19.1. The SMILES string of the molecule is C=CCN(Cc1nc(-c2ccc(C)cc2)no1)C(=O)CCc1ccccc1. The summed E-state index contributed by atoms with van der Waals surface area (Å²) in [5, 5.41) is 4.03. The van der Waals surface area contributed by atoms with Gasteiger partial charge in [0.25, 0.3) is 0 Å². The molecule has 0 unspecified atom stereocenters. The fourth-order valence-corrected chi connectivity index (χ4v) is 2.77. The highest BCUT2D eigenvalue weighted by Gasteiger charge is 2.17. The highest BCUT2D eigenvalue weighted by Crippen LogP contribution is 2.17. The molecule has 5 nitrogen and oxygen atoms in total. The molecule has 27 heavy (non-hydrogen) atoms. The summed E-state index contributed by atoms with van der Waals surface area (Å²) >= 11 is 0. The zero-order valence-electron chi connectivity index (χ0n) is 15.5. The van der Waals surface area contributed by atoms with Gasteiger partial charge in [-0.1, -0.05) is 71.4 Å². The predicted molar refractivity (Wildman–Crippen MR) is 105 cm³/mol. The van der Waals surface area contributed by atoms with E-state index in [1.54, 1.807) is 11.0 Å². The maximum absolute atomic E-state index is 12.6. The average molecular weight is 361 g/mol. The van der Waals surface area contributed by atoms with E-state index >= 15 is 0 Å². The van der Waals surface area contributed by atoms with E-state index in [1.165, 1.54) is 5.56 Å². The van der Waals surface area contributed by atoms with Crippen molar-refractivity contribution in [2.75, 3.05) is 6.54 Å². The van der Waals surface area contributed by atoms with Crippen molar-refractivity contribution in [1.82, 2.24) is 15.0 Å². The lowest BCUT2D eigenvalue weighted by atomic mass is 10.1. The van der Waals surface area contributed by atoms with Crippen LogP contribution in [0.3, 0.4) is 0 Å². The number of carbonyl (C=O) groups is 1. The molecule has 2 aromatic carbocycles. The minimum atomic E-state index is 0.0360. The Balaban J connectivity index is 1.64. The molecule has 0 N–H and O–H groups in total. The van der Waals surface area contributed by atoms with Crippen molar-refractivity contribution < 1.29 is 9.32 Å². The Labute approximate surface area is 159 Å². The normalized spacial score (nSPS) is 10.6. The van der Waals surface area contributed by atoms with Gasteiger partial charge in [0.15, 0.2) is 0 Å². The first kappa shape index (κ1) is 18.6. The highest BCUT2D eigenvalue weighted by molar-refractivity contribution is 5.76. The first-order valence-corrected chi connectivity index (χ1v) is 8.98. The van der Waals surface area contributed by atoms with Gasteiger partial charge >= 0.3 is 0 Å². The third kappa shape index (κ3) is 5.14. The molecule has 138 valence electrons. The molecular formula is C22H23N3O2. The Kier molecular flexibility index (Phi) is 6.15. The van der Waals surface area contributed by atoms with E-state index in [9.17, 15) is 4.79 Å². The molecule has 0 saturated carbocycles. The molecule has 0 aliphatic heterocycles. The van der Waals surface area contributed by atoms with Gasteiger partial charge in [-0.25, -0.2) is 0 Å². The molecule has 0 aliphatic carbocycles. The number of carbonyl (C=O) groups excluding carboxylic acids is 1. The predicted octanol–water partition coefficient (Wildman–Crippen LogP) is 4.19. The van der Waals surface area contributed by atoms with Crippen molar-refractivity contribution in [3.05, 3.63) is 84.3 Å². The summed E-state index contributed by atoms with van der Waals surface area (Å²) in [4.78, 5) is 18.7. The van der Waals surface area contributed by atoms with Crippen LogP contribution in [0, 0.1) is 6.92 Å². The maximum Gasteiger partial charge on any atom is 0.246 e. The molecular weight excluding hydrogens is 338 g/mol. The van der Waals surface area contributed by atoms with E-state index in [0.29, 0.717) is 31.1 Å². The molecule has 0 radical (unpaired) electrons. The summed E-state index contributed by atoms with van der Waals surface area (Å²) in [6.07, 6.45) is 2.83. The molecule has 0 aliphatic rings. The number of rotatable bonds is 8. The fourth-order valence-electron chi connectivity index (χ4n) is 2.77. The molecule has 0 fully saturated rings. The molecule has 0 saturated heterocycles. The summed E-state index contributed by atoms with van der Waals surface area (Å²) in [6, 6.07) is 17.9. The van der Waals surface area contributed by atoms with Gasteiger partial charge in [-0.3, -0.25) is 4.79 Å². The highest BCUT2D eigenvalue weighted by atomic mass is 16.5. The Bertz CT molecular complexity index is 885. The quantitative estimate of drug-likeness (QED) is 0.565. The van der Waals surface area contributed by atoms with Crippen LogP contribution >= 0.6 is 0 Å². The van der Waals surface area contributed by atoms with Gasteiger partial charge in [0.05, 0.1) is 0 Å². The summed E-state index contributed by atoms with van der Waals surface area (Å²) in [6.45, 7) is 6.49. The number of hydrogen-bond donors (Lipinski definition) is 0. The molecule has 1 heterocycles. The number of aromatic nitrogens is 2. The largest absolute Gasteiger partial charge is 0.337 e. The second kappa shape index (κ2) is 8.94. The van der Waals surface area contributed by atoms with Crippen LogP contribution in [-0.4, -0.2) is 27.5 Å². The molecule has 3 rings (SSSR count). The van der Waals surface area contributed by atoms with Gasteiger partial charge in [-0.2, -0.15) is 4.98 Å². The van der Waals surface area contributed by atoms with Crippen molar-refractivity contribution >= 4 is 5.91 Å². The molecule has 0 bridgehead atoms. The Morgan fingerprint density at radius 1 is 1.15 bits per heavy atom. The van der Waals surface area contributed by atoms with E-state index < -0.39 is 0 Å². The smallest absolute Gasteiger partial charge is 0.246 e. The van der Waals surface area contributed by atoms with E-state index in [4.69, 9.17) is 4.52 Å². The van der Waals surface area contributed by atoms with Gasteiger partial charge in [0.2, 0.25) is 17.6 Å². The van der Waals surface area contributed by atoms with Gasteiger partial charge in [-0.05, 0) is 18.9 Å². The summed E-state index contributed by atoms with van der Waals surface area (Å²) < 4.78 is 5.35. The third-order valence-corrected chi connectivity index (χ3v) is 4.28. The first-order valence-electron chi connectivity index (χ1n) is 8.98. The number of benzene rings is 2. The lowest BCUT2D eigenvalue weighted by Gasteiger charge is -2.19. The van der Waals surface area contributed by atoms with Crippen molar-refractivity contribution in [2.45, 2.75) is 26.3 Å². The molecule has 1 amide bonds. The van der Waals surface area contributed by atoms with Crippen LogP contribution in [0.25, 0.3) is 11.4 Å². The fraction of sp³-hybridized carbons (Fsp3) is 0.227. The van der Waals surface area contributed by atoms with Crippen LogP contribution in [0.5, 0.6) is 0 Å². The Morgan fingerprint density at radius 3 is 2.59 bits per heavy atom. The monoisotopic (exact) mass is 361 g/mol. The van der Waals surface area contributed by atoms with Crippen LogP contribution in [0.15, 0.2) is 71.8 Å². The number of nitrogens with zero attached hydrogens (tertiary/aromatic N) is 3. The number of aryl methyl sites for hydroxylation is 2. The molecule has 1 aromatic heterocycles. The summed E-state index contributed by atoms with van der Waals surface area (Å²) in [5.74, 6) is 0.981. The maximum atomic E-state index is 12.6. The van der Waals surface area contributed by atoms with Crippen LogP contribution in [-0.2, 0) is 17.8 Å². The van der Waals surface area contributed by atoms with Crippen molar-refractivity contribution in [3.63, 3.8) is 0 Å². The molecule has 3 aromatic rings. The second-order valence-corrected chi connectivity index (χ2v) is 6.43. The first-order chi connectivity index (χ1) is 13.2. The van der Waals surface area contributed by atoms with Gasteiger partial charge in [-0.15, -0.1) is 6.58 Å². The van der Waals surface area contributed by atoms with Crippen molar-refractivity contribution in [2.24, 2.45) is 0 Å². The van der Waals surface area contributed by atoms with Crippen LogP contribution in [0.2, 0.25) is 0 Å². The minimum Gasteiger partial charge on any atom is -0.337 e. The van der Waals surface area contributed by atoms with Crippen molar-refractivity contribution in [3.8, 4) is 11.4 Å². The molecule has 0 atom stereocenters. The third-order valence-electron chi connectivity index (χ3n) is 4.28. The van der Waals surface area contributed by atoms with Gasteiger partial charge in [0, 0.05) is 18.5 Å². The van der Waals surface area contributed by atoms with E-state index in [2.05, 4.69) is 16.7 Å². The topological polar surface area (TPSA) is 59.2 Å². The number of hydrogen-bond acceptors (Lipinski definition) is 4. The van der Waals surface area contributed by atoms with E-state index in [-0.39, 0.29) is 12.5 Å². The lowest BCUT2D eigenvalue weighted by Crippen LogP contribution is -2.31. The van der Waals surface area contributed by atoms with Crippen LogP contribution in [0.1, 0.15) is 23.4 Å². The van der Waals surface area contributed by atoms with E-state index in [1.807, 2.05) is 61.5 Å². The molecule has 0 spiro atoms.